The highest BCUT2D eigenvalue weighted by Gasteiger charge is 2.51. The molecule has 2 aliphatic rings. The maximum Gasteiger partial charge on any atom is 0.264 e. The van der Waals surface area contributed by atoms with Crippen LogP contribution in [0.5, 0.6) is 0 Å². The van der Waals surface area contributed by atoms with Gasteiger partial charge in [0, 0.05) is 6.54 Å². The van der Waals surface area contributed by atoms with Gasteiger partial charge in [0.15, 0.2) is 0 Å². The van der Waals surface area contributed by atoms with Crippen molar-refractivity contribution >= 4 is 11.8 Å². The predicted octanol–water partition coefficient (Wildman–Crippen LogP) is 0.932. The summed E-state index contributed by atoms with van der Waals surface area (Å²) in [6, 6.07) is 1.63. The zero-order valence-electron chi connectivity index (χ0n) is 10.3. The number of hydrogen-bond donors (Lipinski definition) is 1. The molecule has 5 nitrogen and oxygen atoms in total. The van der Waals surface area contributed by atoms with Crippen LogP contribution in [0.25, 0.3) is 0 Å². The van der Waals surface area contributed by atoms with Crippen LogP contribution in [0.2, 0.25) is 0 Å². The van der Waals surface area contributed by atoms with E-state index in [2.05, 4.69) is 0 Å². The van der Waals surface area contributed by atoms with Crippen LogP contribution >= 0.6 is 0 Å². The molecule has 96 valence electrons. The maximum atomic E-state index is 12.4. The highest BCUT2D eigenvalue weighted by Crippen LogP contribution is 2.44. The number of furan rings is 1. The van der Waals surface area contributed by atoms with Crippen LogP contribution in [0.15, 0.2) is 16.7 Å². The van der Waals surface area contributed by atoms with Gasteiger partial charge in [0.1, 0.15) is 5.76 Å². The Morgan fingerprint density at radius 1 is 1.50 bits per heavy atom. The smallest absolute Gasteiger partial charge is 0.264 e. The fraction of sp³-hybridized carbons (Fsp3) is 0.538. The molecule has 0 radical (unpaired) electrons. The number of rotatable bonds is 3. The number of fused-ring (bicyclic) bond motifs is 1. The highest BCUT2D eigenvalue weighted by atomic mass is 16.3. The summed E-state index contributed by atoms with van der Waals surface area (Å²) in [6.45, 7) is 2.22. The van der Waals surface area contributed by atoms with E-state index in [1.165, 1.54) is 11.2 Å². The van der Waals surface area contributed by atoms with Gasteiger partial charge in [0.25, 0.3) is 5.91 Å². The van der Waals surface area contributed by atoms with E-state index in [0.717, 1.165) is 12.8 Å². The first-order valence-electron chi connectivity index (χ1n) is 6.21. The third-order valence-electron chi connectivity index (χ3n) is 4.12. The Labute approximate surface area is 105 Å². The van der Waals surface area contributed by atoms with Gasteiger partial charge in [-0.25, -0.2) is 0 Å². The largest absolute Gasteiger partial charge is 0.468 e. The molecule has 0 saturated heterocycles. The van der Waals surface area contributed by atoms with Crippen molar-refractivity contribution in [2.45, 2.75) is 31.7 Å². The van der Waals surface area contributed by atoms with Crippen LogP contribution in [0.4, 0.5) is 0 Å². The number of imide groups is 1. The van der Waals surface area contributed by atoms with Crippen molar-refractivity contribution in [1.82, 2.24) is 4.90 Å². The molecular formula is C13H16N2O3. The van der Waals surface area contributed by atoms with Crippen LogP contribution in [0.3, 0.4) is 0 Å². The summed E-state index contributed by atoms with van der Waals surface area (Å²) in [6.07, 6.45) is 3.67. The molecule has 2 N–H and O–H groups in total. The van der Waals surface area contributed by atoms with Gasteiger partial charge in [0.2, 0.25) is 5.91 Å². The number of nitrogens with zero attached hydrogens (tertiary/aromatic N) is 1. The Bertz CT molecular complexity index is 518. The van der Waals surface area contributed by atoms with E-state index in [0.29, 0.717) is 23.8 Å². The molecule has 0 aromatic carbocycles. The fourth-order valence-electron chi connectivity index (χ4n) is 2.78. The lowest BCUT2D eigenvalue weighted by Crippen LogP contribution is -2.60. The zero-order chi connectivity index (χ0) is 12.9. The SMILES string of the molecule is CC(CN)(C1CC1)N1C(=O)Cc2occc2C1=O. The molecular weight excluding hydrogens is 232 g/mol. The molecule has 18 heavy (non-hydrogen) atoms. The van der Waals surface area contributed by atoms with E-state index in [1.54, 1.807) is 6.07 Å². The van der Waals surface area contributed by atoms with Crippen molar-refractivity contribution < 1.29 is 14.0 Å². The molecule has 2 heterocycles. The van der Waals surface area contributed by atoms with Crippen molar-refractivity contribution in [2.75, 3.05) is 6.54 Å². The highest BCUT2D eigenvalue weighted by molar-refractivity contribution is 6.09. The first kappa shape index (κ1) is 11.5. The molecule has 2 amide bonds. The van der Waals surface area contributed by atoms with Crippen LogP contribution in [0.1, 0.15) is 35.9 Å². The summed E-state index contributed by atoms with van der Waals surface area (Å²) in [4.78, 5) is 26.0. The number of carbonyl (C=O) groups excluding carboxylic acids is 2. The minimum absolute atomic E-state index is 0.149. The molecule has 0 spiro atoms. The van der Waals surface area contributed by atoms with Crippen molar-refractivity contribution in [3.63, 3.8) is 0 Å². The molecule has 1 atom stereocenters. The average Bonchev–Trinajstić information content (AvgIpc) is 3.09. The maximum absolute atomic E-state index is 12.4. The van der Waals surface area contributed by atoms with Crippen molar-refractivity contribution in [1.29, 1.82) is 0 Å². The van der Waals surface area contributed by atoms with Crippen LogP contribution in [-0.4, -0.2) is 28.8 Å². The number of amides is 2. The summed E-state index contributed by atoms with van der Waals surface area (Å²) >= 11 is 0. The van der Waals surface area contributed by atoms with Crippen LogP contribution < -0.4 is 5.73 Å². The van der Waals surface area contributed by atoms with Crippen LogP contribution in [0, 0.1) is 5.92 Å². The quantitative estimate of drug-likeness (QED) is 0.807. The lowest BCUT2D eigenvalue weighted by Gasteiger charge is -2.41. The third kappa shape index (κ3) is 1.43. The first-order valence-corrected chi connectivity index (χ1v) is 6.21. The Morgan fingerprint density at radius 2 is 2.22 bits per heavy atom. The second kappa shape index (κ2) is 3.68. The fourth-order valence-corrected chi connectivity index (χ4v) is 2.78. The normalized spacial score (nSPS) is 22.9. The topological polar surface area (TPSA) is 76.5 Å². The number of carbonyl (C=O) groups is 2. The summed E-state index contributed by atoms with van der Waals surface area (Å²) in [5.74, 6) is 0.331. The van der Waals surface area contributed by atoms with E-state index in [4.69, 9.17) is 10.2 Å². The Morgan fingerprint density at radius 3 is 2.83 bits per heavy atom. The zero-order valence-corrected chi connectivity index (χ0v) is 10.3. The van der Waals surface area contributed by atoms with E-state index in [1.807, 2.05) is 6.92 Å². The molecule has 1 fully saturated rings. The molecule has 1 saturated carbocycles. The second-order valence-electron chi connectivity index (χ2n) is 5.30. The van der Waals surface area contributed by atoms with E-state index >= 15 is 0 Å². The van der Waals surface area contributed by atoms with Gasteiger partial charge in [-0.15, -0.1) is 0 Å². The number of nitrogens with two attached hydrogens (primary N) is 1. The van der Waals surface area contributed by atoms with Gasteiger partial charge < -0.3 is 10.2 Å². The van der Waals surface area contributed by atoms with Crippen molar-refractivity contribution in [3.8, 4) is 0 Å². The van der Waals surface area contributed by atoms with Crippen molar-refractivity contribution in [2.24, 2.45) is 11.7 Å². The average molecular weight is 248 g/mol. The predicted molar refractivity (Wildman–Crippen MR) is 63.8 cm³/mol. The minimum atomic E-state index is -0.552. The van der Waals surface area contributed by atoms with Gasteiger partial charge in [0.05, 0.1) is 23.8 Å². The van der Waals surface area contributed by atoms with Crippen molar-refractivity contribution in [3.05, 3.63) is 23.7 Å². The molecule has 1 aromatic heterocycles. The Balaban J connectivity index is 2.02. The molecule has 5 heteroatoms. The van der Waals surface area contributed by atoms with Gasteiger partial charge in [-0.1, -0.05) is 0 Å². The lowest BCUT2D eigenvalue weighted by atomic mass is 9.90. The Kier molecular flexibility index (Phi) is 2.35. The molecule has 1 aliphatic heterocycles. The Hall–Kier alpha value is -1.62. The van der Waals surface area contributed by atoms with E-state index < -0.39 is 5.54 Å². The van der Waals surface area contributed by atoms with Crippen LogP contribution in [-0.2, 0) is 11.2 Å². The molecule has 1 unspecified atom stereocenters. The van der Waals surface area contributed by atoms with E-state index in [9.17, 15) is 9.59 Å². The minimum Gasteiger partial charge on any atom is -0.468 e. The third-order valence-corrected chi connectivity index (χ3v) is 4.12. The van der Waals surface area contributed by atoms with E-state index in [-0.39, 0.29) is 18.2 Å². The van der Waals surface area contributed by atoms with Gasteiger partial charge in [-0.2, -0.15) is 0 Å². The summed E-state index contributed by atoms with van der Waals surface area (Å²) in [5, 5.41) is 0. The van der Waals surface area contributed by atoms with Gasteiger partial charge in [-0.05, 0) is 31.7 Å². The molecule has 0 bridgehead atoms. The first-order chi connectivity index (χ1) is 8.58. The summed E-state index contributed by atoms with van der Waals surface area (Å²) in [5.41, 5.74) is 5.77. The second-order valence-corrected chi connectivity index (χ2v) is 5.30. The van der Waals surface area contributed by atoms with Gasteiger partial charge in [-0.3, -0.25) is 14.5 Å². The molecule has 3 rings (SSSR count). The summed E-state index contributed by atoms with van der Waals surface area (Å²) < 4.78 is 5.17. The monoisotopic (exact) mass is 248 g/mol. The van der Waals surface area contributed by atoms with Gasteiger partial charge >= 0.3 is 0 Å². The number of hydrogen-bond acceptors (Lipinski definition) is 4. The standard InChI is InChI=1S/C13H16N2O3/c1-13(7-14,8-2-3-8)15-11(16)6-10-9(12(15)17)4-5-18-10/h4-5,8H,2-3,6-7,14H2,1H3. The molecule has 1 aliphatic carbocycles. The lowest BCUT2D eigenvalue weighted by molar-refractivity contribution is -0.133. The molecule has 1 aromatic rings. The summed E-state index contributed by atoms with van der Waals surface area (Å²) in [7, 11) is 0.